The van der Waals surface area contributed by atoms with Gasteiger partial charge in [-0.1, -0.05) is 30.3 Å². The molecule has 2 N–H and O–H groups in total. The van der Waals surface area contributed by atoms with Crippen molar-refractivity contribution in [1.29, 1.82) is 0 Å². The molecule has 28 heavy (non-hydrogen) atoms. The zero-order chi connectivity index (χ0) is 19.7. The van der Waals surface area contributed by atoms with E-state index in [9.17, 15) is 8.42 Å². The third kappa shape index (κ3) is 3.37. The molecule has 0 spiro atoms. The van der Waals surface area contributed by atoms with Crippen LogP contribution in [0.15, 0.2) is 71.8 Å². The SMILES string of the molecule is Bc1cnn2c(Nc3ccc(S(=O)(=O)NC)cc3)cc(-c3ccccc3)nc12. The Labute approximate surface area is 163 Å². The number of nitrogens with one attached hydrogen (secondary N) is 2. The molecule has 0 aliphatic carbocycles. The van der Waals surface area contributed by atoms with Gasteiger partial charge in [0, 0.05) is 23.5 Å². The van der Waals surface area contributed by atoms with Gasteiger partial charge in [0.1, 0.15) is 13.7 Å². The molecule has 0 radical (unpaired) electrons. The van der Waals surface area contributed by atoms with Crippen LogP contribution in [0.1, 0.15) is 0 Å². The number of rotatable bonds is 5. The lowest BCUT2D eigenvalue weighted by atomic mass is 10.0. The number of aromatic nitrogens is 3. The van der Waals surface area contributed by atoms with Crippen molar-refractivity contribution in [2.24, 2.45) is 0 Å². The largest absolute Gasteiger partial charge is 0.340 e. The van der Waals surface area contributed by atoms with Gasteiger partial charge in [-0.15, -0.1) is 0 Å². The van der Waals surface area contributed by atoms with Crippen molar-refractivity contribution in [3.8, 4) is 11.3 Å². The van der Waals surface area contributed by atoms with Gasteiger partial charge < -0.3 is 5.32 Å². The van der Waals surface area contributed by atoms with Crippen molar-refractivity contribution in [1.82, 2.24) is 19.3 Å². The van der Waals surface area contributed by atoms with Gasteiger partial charge in [0.25, 0.3) is 0 Å². The number of benzene rings is 2. The van der Waals surface area contributed by atoms with E-state index in [0.29, 0.717) is 0 Å². The van der Waals surface area contributed by atoms with Crippen LogP contribution >= 0.6 is 0 Å². The molecule has 0 saturated heterocycles. The van der Waals surface area contributed by atoms with E-state index in [2.05, 4.69) is 15.1 Å². The summed E-state index contributed by atoms with van der Waals surface area (Å²) in [6.45, 7) is 0. The quantitative estimate of drug-likeness (QED) is 0.501. The summed E-state index contributed by atoms with van der Waals surface area (Å²) < 4.78 is 27.8. The van der Waals surface area contributed by atoms with E-state index >= 15 is 0 Å². The van der Waals surface area contributed by atoms with Gasteiger partial charge in [-0.2, -0.15) is 9.61 Å². The average Bonchev–Trinajstić information content (AvgIpc) is 3.10. The Morgan fingerprint density at radius 2 is 1.75 bits per heavy atom. The summed E-state index contributed by atoms with van der Waals surface area (Å²) in [5.74, 6) is 0.737. The highest BCUT2D eigenvalue weighted by Gasteiger charge is 2.13. The van der Waals surface area contributed by atoms with E-state index in [1.807, 2.05) is 44.2 Å². The molecule has 2 aromatic heterocycles. The van der Waals surface area contributed by atoms with Crippen LogP contribution in [0.2, 0.25) is 0 Å². The van der Waals surface area contributed by atoms with Crippen molar-refractivity contribution >= 4 is 40.5 Å². The van der Waals surface area contributed by atoms with Gasteiger partial charge in [-0.25, -0.2) is 18.1 Å². The molecule has 9 heteroatoms. The maximum atomic E-state index is 11.9. The van der Waals surface area contributed by atoms with E-state index in [0.717, 1.165) is 33.9 Å². The van der Waals surface area contributed by atoms with Crippen molar-refractivity contribution in [2.45, 2.75) is 4.90 Å². The van der Waals surface area contributed by atoms with Gasteiger partial charge in [0.05, 0.1) is 10.6 Å². The number of anilines is 2. The number of sulfonamides is 1. The summed E-state index contributed by atoms with van der Waals surface area (Å²) in [5, 5.41) is 7.72. The monoisotopic (exact) mass is 391 g/mol. The molecule has 7 nitrogen and oxygen atoms in total. The normalized spacial score (nSPS) is 11.6. The lowest BCUT2D eigenvalue weighted by Gasteiger charge is -2.12. The van der Waals surface area contributed by atoms with E-state index in [1.165, 1.54) is 7.05 Å². The number of fused-ring (bicyclic) bond motifs is 1. The third-order valence-electron chi connectivity index (χ3n) is 4.42. The van der Waals surface area contributed by atoms with Crippen LogP contribution in [0.25, 0.3) is 16.9 Å². The summed E-state index contributed by atoms with van der Waals surface area (Å²) in [4.78, 5) is 4.95. The first-order chi connectivity index (χ1) is 13.5. The zero-order valence-corrected chi connectivity index (χ0v) is 16.2. The van der Waals surface area contributed by atoms with E-state index < -0.39 is 10.0 Å². The Morgan fingerprint density at radius 1 is 1.04 bits per heavy atom. The molecule has 0 atom stereocenters. The molecule has 0 amide bonds. The smallest absolute Gasteiger partial charge is 0.240 e. The minimum atomic E-state index is -3.47. The Balaban J connectivity index is 1.76. The molecule has 0 aliphatic heterocycles. The molecule has 4 rings (SSSR count). The van der Waals surface area contributed by atoms with Gasteiger partial charge in [-0.3, -0.25) is 0 Å². The highest BCUT2D eigenvalue weighted by molar-refractivity contribution is 7.89. The third-order valence-corrected chi connectivity index (χ3v) is 5.85. The lowest BCUT2D eigenvalue weighted by Crippen LogP contribution is -2.18. The molecule has 2 heterocycles. The van der Waals surface area contributed by atoms with Crippen LogP contribution in [0.4, 0.5) is 11.5 Å². The van der Waals surface area contributed by atoms with Crippen molar-refractivity contribution in [2.75, 3.05) is 12.4 Å². The van der Waals surface area contributed by atoms with Crippen LogP contribution in [0.3, 0.4) is 0 Å². The first-order valence-corrected chi connectivity index (χ1v) is 10.2. The Morgan fingerprint density at radius 3 is 2.43 bits per heavy atom. The topological polar surface area (TPSA) is 88.4 Å². The maximum absolute atomic E-state index is 11.9. The van der Waals surface area contributed by atoms with Crippen LogP contribution < -0.4 is 15.5 Å². The van der Waals surface area contributed by atoms with Crippen molar-refractivity contribution in [3.05, 3.63) is 66.9 Å². The molecule has 0 unspecified atom stereocenters. The van der Waals surface area contributed by atoms with Gasteiger partial charge in [-0.05, 0) is 36.8 Å². The van der Waals surface area contributed by atoms with Crippen molar-refractivity contribution < 1.29 is 8.42 Å². The standard InChI is InChI=1S/C19H18BN5O2S/c1-21-28(26,27)15-9-7-14(8-10-15)23-18-11-17(13-5-3-2-4-6-13)24-19-16(20)12-22-25(18)19/h2-12,21,23H,20H2,1H3. The minimum absolute atomic E-state index is 0.209. The molecular weight excluding hydrogens is 373 g/mol. The summed E-state index contributed by atoms with van der Waals surface area (Å²) in [6.07, 6.45) is 1.77. The fraction of sp³-hybridized carbons (Fsp3) is 0.0526. The lowest BCUT2D eigenvalue weighted by molar-refractivity contribution is 0.588. The van der Waals surface area contributed by atoms with Gasteiger partial charge >= 0.3 is 0 Å². The fourth-order valence-electron chi connectivity index (χ4n) is 2.90. The van der Waals surface area contributed by atoms with Crippen LogP contribution in [0, 0.1) is 0 Å². The second kappa shape index (κ2) is 7.10. The minimum Gasteiger partial charge on any atom is -0.340 e. The molecule has 0 saturated carbocycles. The van der Waals surface area contributed by atoms with E-state index in [1.54, 1.807) is 35.0 Å². The number of hydrogen-bond acceptors (Lipinski definition) is 5. The molecule has 2 aromatic carbocycles. The Hall–Kier alpha value is -3.17. The second-order valence-corrected chi connectivity index (χ2v) is 8.20. The predicted molar refractivity (Wildman–Crippen MR) is 113 cm³/mol. The molecule has 0 fully saturated rings. The Bertz CT molecular complexity index is 1240. The Kier molecular flexibility index (Phi) is 4.62. The summed E-state index contributed by atoms with van der Waals surface area (Å²) >= 11 is 0. The average molecular weight is 391 g/mol. The highest BCUT2D eigenvalue weighted by atomic mass is 32.2. The van der Waals surface area contributed by atoms with Crippen LogP contribution in [-0.2, 0) is 10.0 Å². The summed E-state index contributed by atoms with van der Waals surface area (Å²) in [5.41, 5.74) is 4.31. The highest BCUT2D eigenvalue weighted by Crippen LogP contribution is 2.24. The van der Waals surface area contributed by atoms with E-state index in [-0.39, 0.29) is 4.90 Å². The van der Waals surface area contributed by atoms with Crippen LogP contribution in [-0.4, -0.2) is 37.9 Å². The van der Waals surface area contributed by atoms with Gasteiger partial charge in [0.2, 0.25) is 10.0 Å². The first-order valence-electron chi connectivity index (χ1n) is 8.69. The zero-order valence-electron chi connectivity index (χ0n) is 15.4. The summed E-state index contributed by atoms with van der Waals surface area (Å²) in [6, 6.07) is 18.4. The predicted octanol–water partition coefficient (Wildman–Crippen LogP) is 1.31. The maximum Gasteiger partial charge on any atom is 0.240 e. The van der Waals surface area contributed by atoms with Crippen molar-refractivity contribution in [3.63, 3.8) is 0 Å². The molecular formula is C19H18BN5O2S. The van der Waals surface area contributed by atoms with Gasteiger partial charge in [0.15, 0.2) is 5.65 Å². The molecule has 0 bridgehead atoms. The van der Waals surface area contributed by atoms with Crippen LogP contribution in [0.5, 0.6) is 0 Å². The number of nitrogens with zero attached hydrogens (tertiary/aromatic N) is 3. The fourth-order valence-corrected chi connectivity index (χ4v) is 3.63. The number of hydrogen-bond donors (Lipinski definition) is 2. The molecule has 4 aromatic rings. The first kappa shape index (κ1) is 18.2. The molecule has 140 valence electrons. The molecule has 0 aliphatic rings. The second-order valence-electron chi connectivity index (χ2n) is 6.31. The summed E-state index contributed by atoms with van der Waals surface area (Å²) in [7, 11) is -0.114. The van der Waals surface area contributed by atoms with E-state index in [4.69, 9.17) is 4.98 Å².